The van der Waals surface area contributed by atoms with Crippen LogP contribution in [0.15, 0.2) is 42.5 Å². The maximum Gasteiger partial charge on any atom is 0.253 e. The first-order valence-electron chi connectivity index (χ1n) is 10.1. The summed E-state index contributed by atoms with van der Waals surface area (Å²) >= 11 is 0. The van der Waals surface area contributed by atoms with Gasteiger partial charge in [0.1, 0.15) is 6.04 Å². The summed E-state index contributed by atoms with van der Waals surface area (Å²) in [6.45, 7) is 2.85. The van der Waals surface area contributed by atoms with E-state index in [-0.39, 0.29) is 25.0 Å². The minimum atomic E-state index is -0.613. The summed E-state index contributed by atoms with van der Waals surface area (Å²) in [4.78, 5) is 32.4. The molecule has 3 aromatic rings. The molecule has 2 aliphatic rings. The Balaban J connectivity index is 1.41. The third-order valence-electron chi connectivity index (χ3n) is 5.45. The predicted octanol–water partition coefficient (Wildman–Crippen LogP) is 3.48. The molecule has 2 aliphatic heterocycles. The molecule has 1 aromatic heterocycles. The largest absolute Gasteiger partial charge is 0.454 e. The van der Waals surface area contributed by atoms with Crippen LogP contribution in [0.3, 0.4) is 0 Å². The number of anilines is 2. The van der Waals surface area contributed by atoms with E-state index < -0.39 is 6.04 Å². The smallest absolute Gasteiger partial charge is 0.253 e. The minimum absolute atomic E-state index is 0.0310. The van der Waals surface area contributed by atoms with Crippen molar-refractivity contribution in [2.24, 2.45) is 0 Å². The van der Waals surface area contributed by atoms with E-state index in [0.717, 1.165) is 23.9 Å². The highest BCUT2D eigenvalue weighted by Crippen LogP contribution is 2.37. The number of carbonyl (C=O) groups excluding carboxylic acids is 2. The number of imidazole rings is 1. The number of rotatable bonds is 6. The Morgan fingerprint density at radius 2 is 2.03 bits per heavy atom. The summed E-state index contributed by atoms with van der Waals surface area (Å²) in [6, 6.07) is 12.3. The molecule has 0 radical (unpaired) electrons. The number of carbonyl (C=O) groups is 2. The van der Waals surface area contributed by atoms with Crippen LogP contribution in [0.1, 0.15) is 32.2 Å². The van der Waals surface area contributed by atoms with Gasteiger partial charge in [-0.2, -0.15) is 0 Å². The van der Waals surface area contributed by atoms with Crippen molar-refractivity contribution in [1.29, 1.82) is 0 Å². The second-order valence-corrected chi connectivity index (χ2v) is 7.45. The predicted molar refractivity (Wildman–Crippen MR) is 112 cm³/mol. The number of nitrogens with one attached hydrogen (secondary N) is 1. The number of hydrogen-bond acceptors (Lipinski definition) is 5. The van der Waals surface area contributed by atoms with Gasteiger partial charge in [-0.3, -0.25) is 19.1 Å². The number of hydrogen-bond donors (Lipinski definition) is 1. The molecule has 0 saturated heterocycles. The molecule has 0 bridgehead atoms. The summed E-state index contributed by atoms with van der Waals surface area (Å²) in [5.74, 6) is 1.54. The molecule has 5 rings (SSSR count). The highest BCUT2D eigenvalue weighted by molar-refractivity contribution is 6.05. The lowest BCUT2D eigenvalue weighted by Crippen LogP contribution is -2.32. The van der Waals surface area contributed by atoms with Gasteiger partial charge in [-0.15, -0.1) is 0 Å². The number of aromatic nitrogens is 2. The Labute approximate surface area is 173 Å². The maximum atomic E-state index is 13.2. The number of fused-ring (bicyclic) bond motifs is 4. The summed E-state index contributed by atoms with van der Waals surface area (Å²) < 4.78 is 12.6. The van der Waals surface area contributed by atoms with Crippen LogP contribution in [0, 0.1) is 0 Å². The molecule has 30 heavy (non-hydrogen) atoms. The Kier molecular flexibility index (Phi) is 4.54. The number of para-hydroxylation sites is 2. The maximum absolute atomic E-state index is 13.2. The second kappa shape index (κ2) is 7.37. The zero-order valence-electron chi connectivity index (χ0n) is 16.6. The highest BCUT2D eigenvalue weighted by atomic mass is 16.7. The molecule has 8 heteroatoms. The molecule has 0 saturated carbocycles. The lowest BCUT2D eigenvalue weighted by atomic mass is 10.1. The van der Waals surface area contributed by atoms with Crippen LogP contribution in [0.25, 0.3) is 11.0 Å². The molecular weight excluding hydrogens is 384 g/mol. The summed E-state index contributed by atoms with van der Waals surface area (Å²) in [7, 11) is 0. The SMILES string of the molecule is CCCCN1C(=O)[C@H](CC(=O)Nc2ccc3c(c2)OCO3)n2c1nc1ccccc12. The lowest BCUT2D eigenvalue weighted by Gasteiger charge is -2.15. The van der Waals surface area contributed by atoms with Gasteiger partial charge in [-0.1, -0.05) is 25.5 Å². The van der Waals surface area contributed by atoms with Crippen LogP contribution in [0.4, 0.5) is 11.6 Å². The van der Waals surface area contributed by atoms with Crippen LogP contribution in [0.2, 0.25) is 0 Å². The summed E-state index contributed by atoms with van der Waals surface area (Å²) in [6.07, 6.45) is 1.88. The molecule has 2 amide bonds. The molecule has 8 nitrogen and oxygen atoms in total. The second-order valence-electron chi connectivity index (χ2n) is 7.45. The molecule has 1 atom stereocenters. The van der Waals surface area contributed by atoms with Gasteiger partial charge in [0.15, 0.2) is 11.5 Å². The molecule has 2 aromatic carbocycles. The fraction of sp³-hybridized carbons (Fsp3) is 0.318. The van der Waals surface area contributed by atoms with Gasteiger partial charge in [0, 0.05) is 18.3 Å². The summed E-state index contributed by atoms with van der Waals surface area (Å²) in [5.41, 5.74) is 2.29. The van der Waals surface area contributed by atoms with Crippen LogP contribution in [0.5, 0.6) is 11.5 Å². The summed E-state index contributed by atoms with van der Waals surface area (Å²) in [5, 5.41) is 2.87. The van der Waals surface area contributed by atoms with Crippen LogP contribution < -0.4 is 19.7 Å². The van der Waals surface area contributed by atoms with Crippen LogP contribution in [-0.2, 0) is 9.59 Å². The van der Waals surface area contributed by atoms with E-state index in [4.69, 9.17) is 9.47 Å². The van der Waals surface area contributed by atoms with Gasteiger partial charge >= 0.3 is 0 Å². The van der Waals surface area contributed by atoms with Crippen molar-refractivity contribution in [3.63, 3.8) is 0 Å². The molecule has 1 N–H and O–H groups in total. The number of nitrogens with zero attached hydrogens (tertiary/aromatic N) is 3. The number of amides is 2. The van der Waals surface area contributed by atoms with Gasteiger partial charge < -0.3 is 14.8 Å². The lowest BCUT2D eigenvalue weighted by molar-refractivity contribution is -0.124. The van der Waals surface area contributed by atoms with Crippen molar-refractivity contribution in [3.05, 3.63) is 42.5 Å². The van der Waals surface area contributed by atoms with Gasteiger partial charge in [0.05, 0.1) is 17.5 Å². The number of unbranched alkanes of at least 4 members (excludes halogenated alkanes) is 1. The normalized spacial score (nSPS) is 16.9. The van der Waals surface area contributed by atoms with Crippen LogP contribution >= 0.6 is 0 Å². The first kappa shape index (κ1) is 18.5. The Morgan fingerprint density at radius 1 is 1.20 bits per heavy atom. The van der Waals surface area contributed by atoms with Crippen molar-refractivity contribution in [2.75, 3.05) is 23.6 Å². The fourth-order valence-corrected chi connectivity index (χ4v) is 3.99. The average molecular weight is 406 g/mol. The molecular formula is C22H22N4O4. The van der Waals surface area contributed by atoms with E-state index in [1.54, 1.807) is 23.1 Å². The number of benzene rings is 2. The monoisotopic (exact) mass is 406 g/mol. The first-order valence-corrected chi connectivity index (χ1v) is 10.1. The fourth-order valence-electron chi connectivity index (χ4n) is 3.99. The standard InChI is InChI=1S/C22H22N4O4/c1-2-3-10-25-21(28)17(26-16-7-5-4-6-15(16)24-22(25)26)12-20(27)23-14-8-9-18-19(11-14)30-13-29-18/h4-9,11,17H,2-3,10,12-13H2,1H3,(H,23,27)/t17-/m0/s1. The van der Waals surface area contributed by atoms with Crippen molar-refractivity contribution in [1.82, 2.24) is 9.55 Å². The molecule has 0 spiro atoms. The zero-order chi connectivity index (χ0) is 20.7. The quantitative estimate of drug-likeness (QED) is 0.677. The molecule has 154 valence electrons. The van der Waals surface area contributed by atoms with E-state index in [9.17, 15) is 9.59 Å². The zero-order valence-corrected chi connectivity index (χ0v) is 16.6. The average Bonchev–Trinajstić information content (AvgIpc) is 3.41. The van der Waals surface area contributed by atoms with Crippen molar-refractivity contribution < 1.29 is 19.1 Å². The number of ether oxygens (including phenoxy) is 2. The first-order chi connectivity index (χ1) is 14.7. The van der Waals surface area contributed by atoms with Gasteiger partial charge in [-0.05, 0) is 30.7 Å². The minimum Gasteiger partial charge on any atom is -0.454 e. The third-order valence-corrected chi connectivity index (χ3v) is 5.45. The Hall–Kier alpha value is -3.55. The topological polar surface area (TPSA) is 85.7 Å². The van der Waals surface area contributed by atoms with E-state index in [1.807, 2.05) is 28.8 Å². The molecule has 0 unspecified atom stereocenters. The van der Waals surface area contributed by atoms with Gasteiger partial charge in [-0.25, -0.2) is 4.98 Å². The van der Waals surface area contributed by atoms with Crippen molar-refractivity contribution >= 4 is 34.5 Å². The highest BCUT2D eigenvalue weighted by Gasteiger charge is 2.40. The third kappa shape index (κ3) is 3.04. The van der Waals surface area contributed by atoms with E-state index >= 15 is 0 Å². The van der Waals surface area contributed by atoms with E-state index in [1.165, 1.54) is 0 Å². The van der Waals surface area contributed by atoms with E-state index in [2.05, 4.69) is 17.2 Å². The van der Waals surface area contributed by atoms with Gasteiger partial charge in [0.2, 0.25) is 18.6 Å². The Morgan fingerprint density at radius 3 is 2.90 bits per heavy atom. The van der Waals surface area contributed by atoms with Crippen LogP contribution in [-0.4, -0.2) is 34.7 Å². The van der Waals surface area contributed by atoms with E-state index in [0.29, 0.717) is 29.7 Å². The molecule has 3 heterocycles. The Bertz CT molecular complexity index is 1140. The molecule has 0 aliphatic carbocycles. The van der Waals surface area contributed by atoms with Gasteiger partial charge in [0.25, 0.3) is 5.91 Å². The van der Waals surface area contributed by atoms with Crippen molar-refractivity contribution in [2.45, 2.75) is 32.2 Å². The molecule has 0 fully saturated rings. The van der Waals surface area contributed by atoms with Crippen molar-refractivity contribution in [3.8, 4) is 11.5 Å².